The molecule has 3 atom stereocenters. The zero-order valence-corrected chi connectivity index (χ0v) is 13.6. The number of hydrogen-bond acceptors (Lipinski definition) is 4. The molecule has 0 saturated carbocycles. The molecule has 120 valence electrons. The van der Waals surface area contributed by atoms with Crippen molar-refractivity contribution < 1.29 is 14.9 Å². The lowest BCUT2D eigenvalue weighted by molar-refractivity contribution is -0.241. The average Bonchev–Trinajstić information content (AvgIpc) is 2.42. The highest BCUT2D eigenvalue weighted by Crippen LogP contribution is 2.57. The first-order chi connectivity index (χ1) is 10.3. The molecule has 2 heterocycles. The fourth-order valence-corrected chi connectivity index (χ4v) is 5.09. The predicted octanol–water partition coefficient (Wildman–Crippen LogP) is 1.82. The van der Waals surface area contributed by atoms with E-state index < -0.39 is 11.0 Å². The first-order valence-electron chi connectivity index (χ1n) is 8.16. The van der Waals surface area contributed by atoms with E-state index in [0.29, 0.717) is 13.0 Å². The van der Waals surface area contributed by atoms with Crippen LogP contribution in [0.1, 0.15) is 37.8 Å². The van der Waals surface area contributed by atoms with E-state index in [2.05, 4.69) is 25.8 Å². The van der Waals surface area contributed by atoms with Gasteiger partial charge in [-0.15, -0.1) is 0 Å². The fraction of sp³-hybridized carbons (Fsp3) is 0.667. The first kappa shape index (κ1) is 14.5. The summed E-state index contributed by atoms with van der Waals surface area (Å²) in [5, 5.41) is 21.8. The Morgan fingerprint density at radius 2 is 2.09 bits per heavy atom. The van der Waals surface area contributed by atoms with E-state index in [1.807, 2.05) is 12.1 Å². The van der Waals surface area contributed by atoms with Crippen molar-refractivity contribution >= 4 is 0 Å². The van der Waals surface area contributed by atoms with Gasteiger partial charge in [0.05, 0.1) is 23.2 Å². The number of benzene rings is 1. The molecule has 1 aromatic carbocycles. The van der Waals surface area contributed by atoms with Crippen LogP contribution in [0.3, 0.4) is 0 Å². The smallest absolute Gasteiger partial charge is 0.115 e. The van der Waals surface area contributed by atoms with Crippen LogP contribution in [0.15, 0.2) is 18.2 Å². The van der Waals surface area contributed by atoms with Crippen LogP contribution >= 0.6 is 0 Å². The van der Waals surface area contributed by atoms with E-state index >= 15 is 0 Å². The second-order valence-corrected chi connectivity index (χ2v) is 8.02. The van der Waals surface area contributed by atoms with Gasteiger partial charge < -0.3 is 19.8 Å². The molecule has 0 radical (unpaired) electrons. The maximum atomic E-state index is 11.8. The molecule has 1 aromatic rings. The largest absolute Gasteiger partial charge is 0.508 e. The monoisotopic (exact) mass is 303 g/mol. The first-order valence-corrected chi connectivity index (χ1v) is 8.16. The fourth-order valence-electron chi connectivity index (χ4n) is 5.09. The van der Waals surface area contributed by atoms with Crippen molar-refractivity contribution in [3.05, 3.63) is 29.3 Å². The van der Waals surface area contributed by atoms with Crippen LogP contribution < -0.4 is 0 Å². The van der Waals surface area contributed by atoms with Gasteiger partial charge in [-0.3, -0.25) is 0 Å². The van der Waals surface area contributed by atoms with Gasteiger partial charge in [0.15, 0.2) is 0 Å². The number of likely N-dealkylation sites (N-methyl/N-ethyl adjacent to an activating group) is 1. The summed E-state index contributed by atoms with van der Waals surface area (Å²) in [4.78, 5) is 2.30. The number of likely N-dealkylation sites (tertiary alicyclic amines) is 1. The van der Waals surface area contributed by atoms with Gasteiger partial charge in [0, 0.05) is 12.5 Å². The topological polar surface area (TPSA) is 52.9 Å². The molecule has 0 amide bonds. The summed E-state index contributed by atoms with van der Waals surface area (Å²) < 4.78 is 6.15. The number of phenols is 1. The third-order valence-corrected chi connectivity index (χ3v) is 6.23. The molecule has 2 aliphatic heterocycles. The average molecular weight is 303 g/mol. The number of phenolic OH excluding ortho intramolecular Hbond substituents is 1. The highest BCUT2D eigenvalue weighted by molar-refractivity contribution is 5.48. The minimum Gasteiger partial charge on any atom is -0.508 e. The molecule has 4 heteroatoms. The molecule has 3 aliphatic rings. The lowest BCUT2D eigenvalue weighted by atomic mass is 9.51. The number of ether oxygens (including phenoxy) is 1. The van der Waals surface area contributed by atoms with Crippen LogP contribution in [0.4, 0.5) is 0 Å². The zero-order chi connectivity index (χ0) is 15.8. The highest BCUT2D eigenvalue weighted by Gasteiger charge is 2.66. The third kappa shape index (κ3) is 1.69. The van der Waals surface area contributed by atoms with Crippen molar-refractivity contribution in [3.8, 4) is 5.75 Å². The Labute approximate surface area is 131 Å². The van der Waals surface area contributed by atoms with Crippen LogP contribution in [0.2, 0.25) is 0 Å². The molecule has 1 aliphatic carbocycles. The maximum absolute atomic E-state index is 11.8. The molecule has 0 spiro atoms. The molecule has 2 bridgehead atoms. The van der Waals surface area contributed by atoms with Gasteiger partial charge in [-0.1, -0.05) is 6.07 Å². The molecular formula is C18H25NO3. The summed E-state index contributed by atoms with van der Waals surface area (Å²) in [6.45, 7) is 5.60. The maximum Gasteiger partial charge on any atom is 0.115 e. The van der Waals surface area contributed by atoms with Crippen molar-refractivity contribution in [3.63, 3.8) is 0 Å². The summed E-state index contributed by atoms with van der Waals surface area (Å²) in [5.74, 6) is 0.276. The van der Waals surface area contributed by atoms with E-state index in [9.17, 15) is 10.2 Å². The van der Waals surface area contributed by atoms with Crippen LogP contribution in [0.5, 0.6) is 5.75 Å². The summed E-state index contributed by atoms with van der Waals surface area (Å²) in [5.41, 5.74) is 0.814. The Morgan fingerprint density at radius 1 is 1.32 bits per heavy atom. The Morgan fingerprint density at radius 3 is 2.86 bits per heavy atom. The number of nitrogens with zero attached hydrogens (tertiary/aromatic N) is 1. The highest BCUT2D eigenvalue weighted by atomic mass is 16.5. The van der Waals surface area contributed by atoms with E-state index in [-0.39, 0.29) is 17.4 Å². The quantitative estimate of drug-likeness (QED) is 0.768. The van der Waals surface area contributed by atoms with Gasteiger partial charge >= 0.3 is 0 Å². The second kappa shape index (κ2) is 4.25. The van der Waals surface area contributed by atoms with Crippen LogP contribution in [0.25, 0.3) is 0 Å². The molecule has 4 nitrogen and oxygen atoms in total. The van der Waals surface area contributed by atoms with Gasteiger partial charge in [0.1, 0.15) is 5.75 Å². The Bertz CT molecular complexity index is 629. The molecule has 4 rings (SSSR count). The second-order valence-electron chi connectivity index (χ2n) is 8.02. The van der Waals surface area contributed by atoms with Gasteiger partial charge in [0.2, 0.25) is 0 Å². The molecule has 2 saturated heterocycles. The SMILES string of the molecule is CN1CC[C@]23COC(C)(C)C[C@@]2(O)[C@H]1Cc1ccc(O)cc13. The summed E-state index contributed by atoms with van der Waals surface area (Å²) >= 11 is 0. The number of aliphatic hydroxyl groups is 1. The normalized spacial score (nSPS) is 39.9. The van der Waals surface area contributed by atoms with E-state index in [1.54, 1.807) is 6.07 Å². The van der Waals surface area contributed by atoms with Crippen LogP contribution in [-0.4, -0.2) is 52.6 Å². The summed E-state index contributed by atoms with van der Waals surface area (Å²) in [6.07, 6.45) is 2.33. The third-order valence-electron chi connectivity index (χ3n) is 6.23. The van der Waals surface area contributed by atoms with Crippen molar-refractivity contribution in [2.75, 3.05) is 20.2 Å². The number of hydrogen-bond donors (Lipinski definition) is 2. The molecule has 2 N–H and O–H groups in total. The van der Waals surface area contributed by atoms with Crippen LogP contribution in [0, 0.1) is 0 Å². The molecular weight excluding hydrogens is 278 g/mol. The predicted molar refractivity (Wildman–Crippen MR) is 84.1 cm³/mol. The minimum absolute atomic E-state index is 0.112. The van der Waals surface area contributed by atoms with E-state index in [0.717, 1.165) is 24.9 Å². The molecule has 0 unspecified atom stereocenters. The summed E-state index contributed by atoms with van der Waals surface area (Å²) in [6, 6.07) is 5.73. The zero-order valence-electron chi connectivity index (χ0n) is 13.6. The van der Waals surface area contributed by atoms with Gasteiger partial charge in [-0.05, 0) is 63.5 Å². The summed E-state index contributed by atoms with van der Waals surface area (Å²) in [7, 11) is 2.11. The lowest BCUT2D eigenvalue weighted by Crippen LogP contribution is -2.75. The Kier molecular flexibility index (Phi) is 2.80. The van der Waals surface area contributed by atoms with Crippen molar-refractivity contribution in [1.29, 1.82) is 0 Å². The Balaban J connectivity index is 1.94. The van der Waals surface area contributed by atoms with Gasteiger partial charge in [-0.2, -0.15) is 0 Å². The number of piperidine rings is 1. The standard InChI is InChI=1S/C18H25NO3/c1-16(2)10-18(21)15-8-12-4-5-13(20)9-14(12)17(18,11-22-16)6-7-19(15)3/h4-5,9,15,20-21H,6-8,10-11H2,1-3H3/t15-,17-,18-/m1/s1. The molecule has 0 aromatic heterocycles. The minimum atomic E-state index is -0.803. The van der Waals surface area contributed by atoms with Crippen molar-refractivity contribution in [1.82, 2.24) is 4.90 Å². The van der Waals surface area contributed by atoms with Crippen molar-refractivity contribution in [2.45, 2.75) is 55.8 Å². The number of rotatable bonds is 0. The van der Waals surface area contributed by atoms with Gasteiger partial charge in [-0.25, -0.2) is 0 Å². The lowest BCUT2D eigenvalue weighted by Gasteiger charge is -2.65. The van der Waals surface area contributed by atoms with E-state index in [1.165, 1.54) is 5.56 Å². The number of aromatic hydroxyl groups is 1. The van der Waals surface area contributed by atoms with E-state index in [4.69, 9.17) is 4.74 Å². The number of fused-ring (bicyclic) bond motifs is 1. The van der Waals surface area contributed by atoms with Crippen molar-refractivity contribution in [2.24, 2.45) is 0 Å². The van der Waals surface area contributed by atoms with Crippen LogP contribution in [-0.2, 0) is 16.6 Å². The Hall–Kier alpha value is -1.10. The molecule has 22 heavy (non-hydrogen) atoms. The van der Waals surface area contributed by atoms with Gasteiger partial charge in [0.25, 0.3) is 0 Å². The molecule has 2 fully saturated rings.